The van der Waals surface area contributed by atoms with Gasteiger partial charge in [0.05, 0.1) is 37.1 Å². The van der Waals surface area contributed by atoms with Crippen LogP contribution < -0.4 is 20.9 Å². The predicted molar refractivity (Wildman–Crippen MR) is 123 cm³/mol. The van der Waals surface area contributed by atoms with Crippen LogP contribution in [0.4, 0.5) is 11.6 Å². The van der Waals surface area contributed by atoms with Gasteiger partial charge in [-0.25, -0.2) is 9.97 Å². The van der Waals surface area contributed by atoms with E-state index in [0.717, 1.165) is 36.6 Å². The molecular formula is C23H30N6O2. The first-order chi connectivity index (χ1) is 15.1. The van der Waals surface area contributed by atoms with E-state index >= 15 is 0 Å². The fraction of sp³-hybridized carbons (Fsp3) is 0.391. The molecule has 0 spiro atoms. The average Bonchev–Trinajstić information content (AvgIpc) is 3.24. The highest BCUT2D eigenvalue weighted by molar-refractivity contribution is 5.43. The Hall–Kier alpha value is -3.42. The van der Waals surface area contributed by atoms with Crippen LogP contribution in [0.3, 0.4) is 0 Å². The summed E-state index contributed by atoms with van der Waals surface area (Å²) in [4.78, 5) is 25.5. The molecule has 0 radical (unpaired) electrons. The van der Waals surface area contributed by atoms with Crippen LogP contribution in [0.5, 0.6) is 5.75 Å². The zero-order chi connectivity index (χ0) is 22.2. The maximum absolute atomic E-state index is 12.3. The highest BCUT2D eigenvalue weighted by atomic mass is 16.5. The number of nitrogens with zero attached hydrogens (tertiary/aromatic N) is 4. The molecule has 1 aliphatic carbocycles. The standard InChI is InChI=1S/C21H24N6O2.C2H6/c1-14-11-23-20(13-22-14)26-16-6-5-15(10-16)25-19-8-7-17(12-24-19)27-9-3-4-18(29-2)21(27)28;1-2/h3-4,7-9,11-13,15-16H,5-6,10H2,1-2H3,(H,23,26)(H,24,25);1-2H3/t15?,16-;/m0./s1. The minimum Gasteiger partial charge on any atom is -0.491 e. The number of hydrogen-bond acceptors (Lipinski definition) is 7. The quantitative estimate of drug-likeness (QED) is 0.624. The number of methoxy groups -OCH3 is 1. The van der Waals surface area contributed by atoms with Crippen molar-refractivity contribution >= 4 is 11.6 Å². The van der Waals surface area contributed by atoms with E-state index in [0.29, 0.717) is 23.5 Å². The summed E-state index contributed by atoms with van der Waals surface area (Å²) in [7, 11) is 1.49. The van der Waals surface area contributed by atoms with Gasteiger partial charge in [0.1, 0.15) is 11.6 Å². The summed E-state index contributed by atoms with van der Waals surface area (Å²) >= 11 is 0. The Morgan fingerprint density at radius 3 is 2.29 bits per heavy atom. The van der Waals surface area contributed by atoms with Crippen molar-refractivity contribution in [1.82, 2.24) is 19.5 Å². The van der Waals surface area contributed by atoms with E-state index in [1.165, 1.54) is 11.7 Å². The van der Waals surface area contributed by atoms with Crippen molar-refractivity contribution in [3.05, 3.63) is 65.1 Å². The van der Waals surface area contributed by atoms with Gasteiger partial charge in [-0.3, -0.25) is 14.3 Å². The van der Waals surface area contributed by atoms with Crippen LogP contribution in [0, 0.1) is 6.92 Å². The molecule has 0 bridgehead atoms. The van der Waals surface area contributed by atoms with E-state index in [2.05, 4.69) is 25.6 Å². The van der Waals surface area contributed by atoms with Crippen LogP contribution in [0.1, 0.15) is 38.8 Å². The summed E-state index contributed by atoms with van der Waals surface area (Å²) in [5, 5.41) is 6.93. The summed E-state index contributed by atoms with van der Waals surface area (Å²) < 4.78 is 6.62. The number of ether oxygens (including phenoxy) is 1. The zero-order valence-corrected chi connectivity index (χ0v) is 18.5. The maximum Gasteiger partial charge on any atom is 0.297 e. The Balaban J connectivity index is 0.00000132. The van der Waals surface area contributed by atoms with Gasteiger partial charge in [-0.05, 0) is 50.5 Å². The fourth-order valence-electron chi connectivity index (χ4n) is 3.58. The van der Waals surface area contributed by atoms with Crippen molar-refractivity contribution in [2.24, 2.45) is 0 Å². The molecule has 1 fully saturated rings. The van der Waals surface area contributed by atoms with Crippen LogP contribution in [0.25, 0.3) is 5.69 Å². The highest BCUT2D eigenvalue weighted by Crippen LogP contribution is 2.25. The first-order valence-corrected chi connectivity index (χ1v) is 10.7. The minimum absolute atomic E-state index is 0.207. The SMILES string of the molecule is CC.COc1cccn(-c2ccc(NC3CC[C@H](Nc4cnc(C)cn4)C3)nc2)c1=O. The molecule has 3 aromatic heterocycles. The Morgan fingerprint density at radius 2 is 1.68 bits per heavy atom. The van der Waals surface area contributed by atoms with Gasteiger partial charge in [0.25, 0.3) is 5.56 Å². The van der Waals surface area contributed by atoms with Gasteiger partial charge in [0.2, 0.25) is 0 Å². The van der Waals surface area contributed by atoms with E-state index in [1.54, 1.807) is 36.9 Å². The van der Waals surface area contributed by atoms with Gasteiger partial charge in [0, 0.05) is 18.3 Å². The van der Waals surface area contributed by atoms with Crippen molar-refractivity contribution in [3.8, 4) is 11.4 Å². The van der Waals surface area contributed by atoms with Gasteiger partial charge < -0.3 is 15.4 Å². The molecule has 4 rings (SSSR count). The topological polar surface area (TPSA) is 94.0 Å². The summed E-state index contributed by atoms with van der Waals surface area (Å²) in [6.45, 7) is 5.93. The van der Waals surface area contributed by atoms with Crippen LogP contribution in [0.15, 0.2) is 53.8 Å². The molecule has 8 nitrogen and oxygen atoms in total. The second kappa shape index (κ2) is 10.6. The van der Waals surface area contributed by atoms with Gasteiger partial charge in [0.15, 0.2) is 5.75 Å². The molecule has 1 aliphatic rings. The second-order valence-corrected chi connectivity index (χ2v) is 7.19. The van der Waals surface area contributed by atoms with Crippen molar-refractivity contribution in [3.63, 3.8) is 0 Å². The smallest absolute Gasteiger partial charge is 0.297 e. The van der Waals surface area contributed by atoms with Crippen LogP contribution in [-0.2, 0) is 0 Å². The third-order valence-corrected chi connectivity index (χ3v) is 5.08. The normalized spacial score (nSPS) is 17.4. The van der Waals surface area contributed by atoms with Crippen LogP contribution in [0.2, 0.25) is 0 Å². The van der Waals surface area contributed by atoms with Gasteiger partial charge in [-0.1, -0.05) is 13.8 Å². The first-order valence-electron chi connectivity index (χ1n) is 10.7. The summed E-state index contributed by atoms with van der Waals surface area (Å²) in [6, 6.07) is 7.89. The Bertz CT molecular complexity index is 1020. The molecule has 31 heavy (non-hydrogen) atoms. The summed E-state index contributed by atoms with van der Waals surface area (Å²) in [5.41, 5.74) is 1.40. The molecule has 2 N–H and O–H groups in total. The van der Waals surface area contributed by atoms with Gasteiger partial charge in [-0.2, -0.15) is 0 Å². The maximum atomic E-state index is 12.3. The molecule has 3 heterocycles. The molecule has 0 amide bonds. The molecule has 1 unspecified atom stereocenters. The zero-order valence-electron chi connectivity index (χ0n) is 18.5. The Kier molecular flexibility index (Phi) is 7.59. The lowest BCUT2D eigenvalue weighted by molar-refractivity contribution is 0.406. The van der Waals surface area contributed by atoms with E-state index in [1.807, 2.05) is 32.9 Å². The van der Waals surface area contributed by atoms with E-state index in [9.17, 15) is 4.79 Å². The second-order valence-electron chi connectivity index (χ2n) is 7.19. The number of nitrogens with one attached hydrogen (secondary N) is 2. The van der Waals surface area contributed by atoms with E-state index in [4.69, 9.17) is 4.74 Å². The third-order valence-electron chi connectivity index (χ3n) is 5.08. The van der Waals surface area contributed by atoms with Gasteiger partial charge in [-0.15, -0.1) is 0 Å². The van der Waals surface area contributed by atoms with Crippen molar-refractivity contribution in [2.45, 2.75) is 52.1 Å². The average molecular weight is 423 g/mol. The summed E-state index contributed by atoms with van der Waals surface area (Å²) in [5.74, 6) is 1.91. The van der Waals surface area contributed by atoms with Crippen LogP contribution in [-0.4, -0.2) is 38.7 Å². The van der Waals surface area contributed by atoms with E-state index in [-0.39, 0.29) is 5.56 Å². The largest absolute Gasteiger partial charge is 0.491 e. The molecule has 8 heteroatoms. The monoisotopic (exact) mass is 422 g/mol. The molecule has 0 aromatic carbocycles. The lowest BCUT2D eigenvalue weighted by Crippen LogP contribution is -2.22. The third kappa shape index (κ3) is 5.59. The molecule has 2 atom stereocenters. The lowest BCUT2D eigenvalue weighted by Gasteiger charge is -2.16. The highest BCUT2D eigenvalue weighted by Gasteiger charge is 2.25. The Morgan fingerprint density at radius 1 is 0.968 bits per heavy atom. The van der Waals surface area contributed by atoms with Gasteiger partial charge >= 0.3 is 0 Å². The van der Waals surface area contributed by atoms with Crippen molar-refractivity contribution in [2.75, 3.05) is 17.7 Å². The number of aryl methyl sites for hydroxylation is 1. The number of hydrogen-bond donors (Lipinski definition) is 2. The molecule has 0 aliphatic heterocycles. The molecule has 1 saturated carbocycles. The molecular weight excluding hydrogens is 392 g/mol. The minimum atomic E-state index is -0.207. The number of anilines is 2. The lowest BCUT2D eigenvalue weighted by atomic mass is 10.2. The fourth-order valence-corrected chi connectivity index (χ4v) is 3.58. The molecule has 0 saturated heterocycles. The van der Waals surface area contributed by atoms with Crippen molar-refractivity contribution in [1.29, 1.82) is 0 Å². The number of aromatic nitrogens is 4. The molecule has 164 valence electrons. The van der Waals surface area contributed by atoms with E-state index < -0.39 is 0 Å². The summed E-state index contributed by atoms with van der Waals surface area (Å²) in [6.07, 6.45) is 10.0. The predicted octanol–water partition coefficient (Wildman–Crippen LogP) is 3.81. The first kappa shape index (κ1) is 22.3. The number of pyridine rings is 2. The van der Waals surface area contributed by atoms with Crippen molar-refractivity contribution < 1.29 is 4.74 Å². The number of rotatable bonds is 6. The molecule has 3 aromatic rings. The van der Waals surface area contributed by atoms with Crippen LogP contribution >= 0.6 is 0 Å². The Labute approximate surface area is 182 Å².